The Hall–Kier alpha value is -0.260. The maximum Gasteiger partial charge on any atom is -0.0203 e. The Balaban J connectivity index is 2.63. The smallest absolute Gasteiger partial charge is 0.0203 e. The highest BCUT2D eigenvalue weighted by molar-refractivity contribution is 4.93. The zero-order valence-corrected chi connectivity index (χ0v) is 8.01. The summed E-state index contributed by atoms with van der Waals surface area (Å²) in [6, 6.07) is 0. The lowest BCUT2D eigenvalue weighted by Crippen LogP contribution is -2.17. The lowest BCUT2D eigenvalue weighted by Gasteiger charge is -2.24. The van der Waals surface area contributed by atoms with E-state index in [0.717, 1.165) is 23.7 Å². The van der Waals surface area contributed by atoms with Gasteiger partial charge in [-0.3, -0.25) is 0 Å². The molecule has 64 valence electrons. The first-order chi connectivity index (χ1) is 5.16. The van der Waals surface area contributed by atoms with Crippen molar-refractivity contribution in [1.82, 2.24) is 0 Å². The van der Waals surface area contributed by atoms with Gasteiger partial charge in [0, 0.05) is 0 Å². The third kappa shape index (κ3) is 1.66. The highest BCUT2D eigenvalue weighted by Crippen LogP contribution is 2.41. The van der Waals surface area contributed by atoms with Gasteiger partial charge in [0.2, 0.25) is 0 Å². The van der Waals surface area contributed by atoms with Crippen molar-refractivity contribution in [1.29, 1.82) is 0 Å². The summed E-state index contributed by atoms with van der Waals surface area (Å²) in [5, 5.41) is 0. The summed E-state index contributed by atoms with van der Waals surface area (Å²) < 4.78 is 0. The molecule has 0 aromatic carbocycles. The highest BCUT2D eigenvalue weighted by atomic mass is 14.4. The Labute approximate surface area is 70.7 Å². The van der Waals surface area contributed by atoms with E-state index in [1.165, 1.54) is 12.8 Å². The van der Waals surface area contributed by atoms with Crippen LogP contribution in [-0.4, -0.2) is 0 Å². The zero-order valence-electron chi connectivity index (χ0n) is 8.01. The average molecular weight is 152 g/mol. The second kappa shape index (κ2) is 3.42. The molecule has 0 spiro atoms. The Morgan fingerprint density at radius 1 is 1.36 bits per heavy atom. The van der Waals surface area contributed by atoms with E-state index in [0.29, 0.717) is 0 Å². The van der Waals surface area contributed by atoms with Gasteiger partial charge in [-0.15, -0.1) is 6.58 Å². The normalized spacial score (nSPS) is 38.0. The van der Waals surface area contributed by atoms with Gasteiger partial charge in [0.25, 0.3) is 0 Å². The minimum Gasteiger partial charge on any atom is -0.103 e. The molecule has 0 amide bonds. The number of hydrogen-bond donors (Lipinski definition) is 0. The minimum absolute atomic E-state index is 0.796. The average Bonchev–Trinajstić information content (AvgIpc) is 2.30. The van der Waals surface area contributed by atoms with Gasteiger partial charge < -0.3 is 0 Å². The van der Waals surface area contributed by atoms with Crippen molar-refractivity contribution in [3.05, 3.63) is 12.7 Å². The molecule has 0 N–H and O–H groups in total. The summed E-state index contributed by atoms with van der Waals surface area (Å²) in [7, 11) is 0. The molecule has 3 unspecified atom stereocenters. The largest absolute Gasteiger partial charge is 0.103 e. The number of hydrogen-bond acceptors (Lipinski definition) is 0. The predicted octanol–water partition coefficient (Wildman–Crippen LogP) is 3.49. The fourth-order valence-corrected chi connectivity index (χ4v) is 2.69. The van der Waals surface area contributed by atoms with E-state index >= 15 is 0 Å². The molecule has 1 aliphatic carbocycles. The Kier molecular flexibility index (Phi) is 2.75. The van der Waals surface area contributed by atoms with Crippen LogP contribution >= 0.6 is 0 Å². The molecule has 1 fully saturated rings. The Bertz CT molecular complexity index is 135. The van der Waals surface area contributed by atoms with E-state index in [1.54, 1.807) is 0 Å². The standard InChI is InChI=1S/C11H20/c1-5-10-7-6-9(4)11(10)8(2)3/h5,8-11H,1,6-7H2,2-4H3. The van der Waals surface area contributed by atoms with E-state index in [2.05, 4.69) is 33.4 Å². The van der Waals surface area contributed by atoms with Gasteiger partial charge in [-0.05, 0) is 36.5 Å². The van der Waals surface area contributed by atoms with Crippen LogP contribution in [0.25, 0.3) is 0 Å². The first-order valence-corrected chi connectivity index (χ1v) is 4.79. The predicted molar refractivity (Wildman–Crippen MR) is 50.4 cm³/mol. The van der Waals surface area contributed by atoms with E-state index in [9.17, 15) is 0 Å². The van der Waals surface area contributed by atoms with Crippen LogP contribution in [0.1, 0.15) is 33.6 Å². The summed E-state index contributed by atoms with van der Waals surface area (Å²) in [6.07, 6.45) is 4.93. The summed E-state index contributed by atoms with van der Waals surface area (Å²) in [5.74, 6) is 3.44. The van der Waals surface area contributed by atoms with Gasteiger partial charge in [-0.2, -0.15) is 0 Å². The van der Waals surface area contributed by atoms with Crippen molar-refractivity contribution < 1.29 is 0 Å². The van der Waals surface area contributed by atoms with Crippen LogP contribution in [0.15, 0.2) is 12.7 Å². The number of rotatable bonds is 2. The molecule has 0 bridgehead atoms. The first kappa shape index (κ1) is 8.83. The van der Waals surface area contributed by atoms with Gasteiger partial charge >= 0.3 is 0 Å². The Morgan fingerprint density at radius 3 is 2.36 bits per heavy atom. The molecule has 0 aromatic rings. The molecule has 0 heterocycles. The van der Waals surface area contributed by atoms with Crippen LogP contribution in [0, 0.1) is 23.7 Å². The molecule has 0 radical (unpaired) electrons. The van der Waals surface area contributed by atoms with Gasteiger partial charge in [-0.1, -0.05) is 26.8 Å². The van der Waals surface area contributed by atoms with Gasteiger partial charge in [0.05, 0.1) is 0 Å². The molecule has 3 atom stereocenters. The van der Waals surface area contributed by atoms with Crippen LogP contribution in [-0.2, 0) is 0 Å². The maximum atomic E-state index is 3.91. The topological polar surface area (TPSA) is 0 Å². The quantitative estimate of drug-likeness (QED) is 0.531. The van der Waals surface area contributed by atoms with Crippen molar-refractivity contribution in [3.8, 4) is 0 Å². The summed E-state index contributed by atoms with van der Waals surface area (Å²) in [5.41, 5.74) is 0. The molecular formula is C11H20. The molecule has 1 rings (SSSR count). The van der Waals surface area contributed by atoms with Crippen molar-refractivity contribution >= 4 is 0 Å². The molecular weight excluding hydrogens is 132 g/mol. The third-order valence-electron chi connectivity index (χ3n) is 3.18. The van der Waals surface area contributed by atoms with Gasteiger partial charge in [0.15, 0.2) is 0 Å². The van der Waals surface area contributed by atoms with Crippen LogP contribution < -0.4 is 0 Å². The van der Waals surface area contributed by atoms with Crippen LogP contribution in [0.4, 0.5) is 0 Å². The van der Waals surface area contributed by atoms with E-state index < -0.39 is 0 Å². The van der Waals surface area contributed by atoms with E-state index in [-0.39, 0.29) is 0 Å². The first-order valence-electron chi connectivity index (χ1n) is 4.79. The molecule has 1 saturated carbocycles. The van der Waals surface area contributed by atoms with E-state index in [1.807, 2.05) is 0 Å². The van der Waals surface area contributed by atoms with Gasteiger partial charge in [0.1, 0.15) is 0 Å². The lowest BCUT2D eigenvalue weighted by molar-refractivity contribution is 0.274. The van der Waals surface area contributed by atoms with Crippen LogP contribution in [0.2, 0.25) is 0 Å². The molecule has 11 heavy (non-hydrogen) atoms. The number of allylic oxidation sites excluding steroid dienone is 1. The van der Waals surface area contributed by atoms with Crippen molar-refractivity contribution in [2.24, 2.45) is 23.7 Å². The van der Waals surface area contributed by atoms with Crippen molar-refractivity contribution in [2.45, 2.75) is 33.6 Å². The minimum atomic E-state index is 0.796. The second-order valence-corrected chi connectivity index (χ2v) is 4.28. The SMILES string of the molecule is C=CC1CCC(C)C1C(C)C. The zero-order chi connectivity index (χ0) is 8.43. The third-order valence-corrected chi connectivity index (χ3v) is 3.18. The second-order valence-electron chi connectivity index (χ2n) is 4.28. The molecule has 0 nitrogen and oxygen atoms in total. The molecule has 0 aromatic heterocycles. The monoisotopic (exact) mass is 152 g/mol. The fraction of sp³-hybridized carbons (Fsp3) is 0.818. The van der Waals surface area contributed by atoms with Crippen molar-refractivity contribution in [2.75, 3.05) is 0 Å². The van der Waals surface area contributed by atoms with Crippen molar-refractivity contribution in [3.63, 3.8) is 0 Å². The Morgan fingerprint density at radius 2 is 2.00 bits per heavy atom. The highest BCUT2D eigenvalue weighted by Gasteiger charge is 2.32. The summed E-state index contributed by atoms with van der Waals surface area (Å²) >= 11 is 0. The maximum absolute atomic E-state index is 3.91. The molecule has 0 heteroatoms. The van der Waals surface area contributed by atoms with E-state index in [4.69, 9.17) is 0 Å². The molecule has 1 aliphatic rings. The molecule has 0 aliphatic heterocycles. The summed E-state index contributed by atoms with van der Waals surface area (Å²) in [6.45, 7) is 11.0. The molecule has 0 saturated heterocycles. The lowest BCUT2D eigenvalue weighted by atomic mass is 9.81. The fourth-order valence-electron chi connectivity index (χ4n) is 2.69. The van der Waals surface area contributed by atoms with Gasteiger partial charge in [-0.25, -0.2) is 0 Å². The summed E-state index contributed by atoms with van der Waals surface area (Å²) in [4.78, 5) is 0. The van der Waals surface area contributed by atoms with Crippen LogP contribution in [0.3, 0.4) is 0 Å². The van der Waals surface area contributed by atoms with Crippen LogP contribution in [0.5, 0.6) is 0 Å².